The quantitative estimate of drug-likeness (QED) is 0.638. The number of amides is 1. The van der Waals surface area contributed by atoms with Gasteiger partial charge < -0.3 is 16.2 Å². The molecule has 4 N–H and O–H groups in total. The summed E-state index contributed by atoms with van der Waals surface area (Å²) in [5.74, 6) is -0.131. The van der Waals surface area contributed by atoms with Gasteiger partial charge >= 0.3 is 0 Å². The molecule has 106 valence electrons. The standard InChI is InChI=1S/C12H21N5O2/c13-12(19)9-1-3-10(4-2-9)14-7-11-8-17(5-6-18)16-15-11/h8-10,14,18H,1-7H2,(H2,13,19). The van der Waals surface area contributed by atoms with Crippen molar-refractivity contribution in [3.8, 4) is 0 Å². The van der Waals surface area contributed by atoms with Crippen molar-refractivity contribution in [2.45, 2.75) is 44.8 Å². The van der Waals surface area contributed by atoms with Crippen LogP contribution in [0.3, 0.4) is 0 Å². The van der Waals surface area contributed by atoms with Gasteiger partial charge in [0.2, 0.25) is 5.91 Å². The number of nitrogens with zero attached hydrogens (tertiary/aromatic N) is 3. The molecule has 2 rings (SSSR count). The summed E-state index contributed by atoms with van der Waals surface area (Å²) in [7, 11) is 0. The summed E-state index contributed by atoms with van der Waals surface area (Å²) in [5, 5.41) is 20.2. The van der Waals surface area contributed by atoms with E-state index < -0.39 is 0 Å². The van der Waals surface area contributed by atoms with Crippen LogP contribution in [0.25, 0.3) is 0 Å². The van der Waals surface area contributed by atoms with Crippen molar-refractivity contribution in [1.82, 2.24) is 20.3 Å². The Bertz CT molecular complexity index is 412. The maximum atomic E-state index is 11.1. The molecule has 0 radical (unpaired) electrons. The Labute approximate surface area is 112 Å². The van der Waals surface area contributed by atoms with Crippen LogP contribution in [0, 0.1) is 5.92 Å². The summed E-state index contributed by atoms with van der Waals surface area (Å²) >= 11 is 0. The predicted octanol–water partition coefficient (Wildman–Crippen LogP) is -0.596. The SMILES string of the molecule is NC(=O)C1CCC(NCc2cn(CCO)nn2)CC1. The zero-order valence-corrected chi connectivity index (χ0v) is 11.0. The molecule has 1 saturated carbocycles. The Hall–Kier alpha value is -1.47. The third-order valence-electron chi connectivity index (χ3n) is 3.62. The lowest BCUT2D eigenvalue weighted by atomic mass is 9.85. The fourth-order valence-corrected chi connectivity index (χ4v) is 2.46. The second-order valence-electron chi connectivity index (χ2n) is 5.03. The molecule has 19 heavy (non-hydrogen) atoms. The highest BCUT2D eigenvalue weighted by Gasteiger charge is 2.24. The summed E-state index contributed by atoms with van der Waals surface area (Å²) in [5.41, 5.74) is 6.17. The van der Waals surface area contributed by atoms with E-state index in [4.69, 9.17) is 10.8 Å². The molecule has 1 fully saturated rings. The number of aliphatic hydroxyl groups is 1. The van der Waals surface area contributed by atoms with Crippen LogP contribution in [0.15, 0.2) is 6.20 Å². The first-order chi connectivity index (χ1) is 9.19. The van der Waals surface area contributed by atoms with E-state index in [0.29, 0.717) is 19.1 Å². The van der Waals surface area contributed by atoms with Gasteiger partial charge in [0.15, 0.2) is 0 Å². The average molecular weight is 267 g/mol. The summed E-state index contributed by atoms with van der Waals surface area (Å²) in [6.45, 7) is 1.20. The third-order valence-corrected chi connectivity index (χ3v) is 3.62. The van der Waals surface area contributed by atoms with Crippen LogP contribution in [-0.4, -0.2) is 38.7 Å². The van der Waals surface area contributed by atoms with Crippen LogP contribution in [0.2, 0.25) is 0 Å². The first kappa shape index (κ1) is 14.0. The largest absolute Gasteiger partial charge is 0.394 e. The van der Waals surface area contributed by atoms with E-state index in [-0.39, 0.29) is 18.4 Å². The van der Waals surface area contributed by atoms with Crippen molar-refractivity contribution in [3.05, 3.63) is 11.9 Å². The van der Waals surface area contributed by atoms with Gasteiger partial charge in [-0.2, -0.15) is 0 Å². The number of nitrogens with two attached hydrogens (primary N) is 1. The summed E-state index contributed by atoms with van der Waals surface area (Å²) < 4.78 is 1.63. The number of aromatic nitrogens is 3. The molecule has 0 saturated heterocycles. The van der Waals surface area contributed by atoms with Crippen LogP contribution in [0.1, 0.15) is 31.4 Å². The van der Waals surface area contributed by atoms with E-state index in [1.54, 1.807) is 4.68 Å². The number of hydrogen-bond donors (Lipinski definition) is 3. The maximum Gasteiger partial charge on any atom is 0.220 e. The summed E-state index contributed by atoms with van der Waals surface area (Å²) in [4.78, 5) is 11.1. The van der Waals surface area contributed by atoms with E-state index in [9.17, 15) is 4.79 Å². The molecule has 7 heteroatoms. The number of aliphatic hydroxyl groups excluding tert-OH is 1. The maximum absolute atomic E-state index is 11.1. The molecule has 0 atom stereocenters. The van der Waals surface area contributed by atoms with Gasteiger partial charge in [-0.05, 0) is 25.7 Å². The molecule has 1 aliphatic carbocycles. The second kappa shape index (κ2) is 6.63. The van der Waals surface area contributed by atoms with Gasteiger partial charge in [0.25, 0.3) is 0 Å². The Kier molecular flexibility index (Phi) is 4.86. The van der Waals surface area contributed by atoms with Gasteiger partial charge in [0.05, 0.1) is 18.8 Å². The highest BCUT2D eigenvalue weighted by Crippen LogP contribution is 2.23. The number of rotatable bonds is 6. The molecular weight excluding hydrogens is 246 g/mol. The molecule has 1 amide bonds. The van der Waals surface area contributed by atoms with E-state index in [0.717, 1.165) is 31.4 Å². The predicted molar refractivity (Wildman–Crippen MR) is 68.9 cm³/mol. The Balaban J connectivity index is 1.72. The molecule has 0 spiro atoms. The molecule has 1 aromatic heterocycles. The van der Waals surface area contributed by atoms with Crippen LogP contribution < -0.4 is 11.1 Å². The lowest BCUT2D eigenvalue weighted by Crippen LogP contribution is -2.36. The van der Waals surface area contributed by atoms with E-state index in [2.05, 4.69) is 15.6 Å². The highest BCUT2D eigenvalue weighted by atomic mass is 16.3. The van der Waals surface area contributed by atoms with E-state index in [1.165, 1.54) is 0 Å². The fraction of sp³-hybridized carbons (Fsp3) is 0.750. The second-order valence-corrected chi connectivity index (χ2v) is 5.03. The lowest BCUT2D eigenvalue weighted by Gasteiger charge is -2.27. The van der Waals surface area contributed by atoms with Gasteiger partial charge in [-0.25, -0.2) is 4.68 Å². The minimum atomic E-state index is -0.176. The van der Waals surface area contributed by atoms with Gasteiger partial charge in [0.1, 0.15) is 0 Å². The third kappa shape index (κ3) is 4.00. The molecule has 0 bridgehead atoms. The van der Waals surface area contributed by atoms with Crippen molar-refractivity contribution in [3.63, 3.8) is 0 Å². The molecule has 0 aliphatic heterocycles. The van der Waals surface area contributed by atoms with Crippen molar-refractivity contribution in [2.75, 3.05) is 6.61 Å². The van der Waals surface area contributed by atoms with Crippen molar-refractivity contribution in [1.29, 1.82) is 0 Å². The smallest absolute Gasteiger partial charge is 0.220 e. The van der Waals surface area contributed by atoms with E-state index in [1.807, 2.05) is 6.20 Å². The Morgan fingerprint density at radius 1 is 1.47 bits per heavy atom. The first-order valence-corrected chi connectivity index (χ1v) is 6.71. The fourth-order valence-electron chi connectivity index (χ4n) is 2.46. The molecule has 7 nitrogen and oxygen atoms in total. The topological polar surface area (TPSA) is 106 Å². The molecule has 1 heterocycles. The Morgan fingerprint density at radius 3 is 2.84 bits per heavy atom. The number of carbonyl (C=O) groups is 1. The van der Waals surface area contributed by atoms with Crippen LogP contribution in [0.5, 0.6) is 0 Å². The van der Waals surface area contributed by atoms with Crippen LogP contribution in [-0.2, 0) is 17.9 Å². The van der Waals surface area contributed by atoms with Crippen molar-refractivity contribution >= 4 is 5.91 Å². The monoisotopic (exact) mass is 267 g/mol. The lowest BCUT2D eigenvalue weighted by molar-refractivity contribution is -0.122. The minimum absolute atomic E-state index is 0.0449. The zero-order chi connectivity index (χ0) is 13.7. The van der Waals surface area contributed by atoms with Gasteiger partial charge in [0, 0.05) is 24.7 Å². The number of nitrogens with one attached hydrogen (secondary N) is 1. The molecule has 0 unspecified atom stereocenters. The van der Waals surface area contributed by atoms with Crippen molar-refractivity contribution in [2.24, 2.45) is 11.7 Å². The number of primary amides is 1. The first-order valence-electron chi connectivity index (χ1n) is 6.71. The molecule has 1 aromatic rings. The summed E-state index contributed by atoms with van der Waals surface area (Å²) in [6.07, 6.45) is 5.50. The van der Waals surface area contributed by atoms with Crippen LogP contribution >= 0.6 is 0 Å². The van der Waals surface area contributed by atoms with Crippen molar-refractivity contribution < 1.29 is 9.90 Å². The van der Waals surface area contributed by atoms with Gasteiger partial charge in [-0.3, -0.25) is 4.79 Å². The van der Waals surface area contributed by atoms with Crippen LogP contribution in [0.4, 0.5) is 0 Å². The zero-order valence-electron chi connectivity index (χ0n) is 11.0. The summed E-state index contributed by atoms with van der Waals surface area (Å²) in [6, 6.07) is 0.415. The molecule has 1 aliphatic rings. The van der Waals surface area contributed by atoms with Gasteiger partial charge in [-0.15, -0.1) is 5.10 Å². The highest BCUT2D eigenvalue weighted by molar-refractivity contribution is 5.76. The number of carbonyl (C=O) groups excluding carboxylic acids is 1. The van der Waals surface area contributed by atoms with E-state index >= 15 is 0 Å². The normalized spacial score (nSPS) is 23.4. The number of hydrogen-bond acceptors (Lipinski definition) is 5. The minimum Gasteiger partial charge on any atom is -0.394 e. The molecular formula is C12H21N5O2. The average Bonchev–Trinajstić information content (AvgIpc) is 2.85. The Morgan fingerprint density at radius 2 is 2.21 bits per heavy atom. The molecule has 0 aromatic carbocycles. The van der Waals surface area contributed by atoms with Gasteiger partial charge in [-0.1, -0.05) is 5.21 Å².